The van der Waals surface area contributed by atoms with E-state index in [2.05, 4.69) is 0 Å². The van der Waals surface area contributed by atoms with Gasteiger partial charge in [0.2, 0.25) is 11.2 Å². The van der Waals surface area contributed by atoms with Gasteiger partial charge in [-0.15, -0.1) is 0 Å². The second-order valence-corrected chi connectivity index (χ2v) is 5.60. The Labute approximate surface area is 138 Å². The maximum Gasteiger partial charge on any atom is 0.204 e. The standard InChI is InChI=1S/C19H16O5/c1-21-15-8-7-13-17(20)14(9-24-18(13)19(15)22-2)11-3-5-12(6-4-11)16-10-23-16/h3-9,16H,10H2,1-2H3. The molecule has 0 spiro atoms. The summed E-state index contributed by atoms with van der Waals surface area (Å²) in [7, 11) is 3.06. The molecule has 24 heavy (non-hydrogen) atoms. The predicted octanol–water partition coefficient (Wildman–Crippen LogP) is 3.55. The Hall–Kier alpha value is -2.79. The fourth-order valence-electron chi connectivity index (χ4n) is 2.83. The minimum absolute atomic E-state index is 0.104. The molecule has 0 amide bonds. The topological polar surface area (TPSA) is 61.2 Å². The largest absolute Gasteiger partial charge is 0.493 e. The van der Waals surface area contributed by atoms with Crippen LogP contribution in [0.25, 0.3) is 22.1 Å². The minimum Gasteiger partial charge on any atom is -0.493 e. The van der Waals surface area contributed by atoms with Crippen LogP contribution in [0.1, 0.15) is 11.7 Å². The van der Waals surface area contributed by atoms with Crippen molar-refractivity contribution in [2.24, 2.45) is 0 Å². The molecular weight excluding hydrogens is 308 g/mol. The highest BCUT2D eigenvalue weighted by atomic mass is 16.6. The average Bonchev–Trinajstić information content (AvgIpc) is 3.46. The van der Waals surface area contributed by atoms with Crippen LogP contribution in [0.5, 0.6) is 11.5 Å². The maximum absolute atomic E-state index is 12.8. The van der Waals surface area contributed by atoms with Crippen LogP contribution in [0.3, 0.4) is 0 Å². The van der Waals surface area contributed by atoms with E-state index >= 15 is 0 Å². The molecule has 0 saturated carbocycles. The molecule has 1 fully saturated rings. The third-order valence-corrected chi connectivity index (χ3v) is 4.21. The number of epoxide rings is 1. The summed E-state index contributed by atoms with van der Waals surface area (Å²) in [5, 5.41) is 0.458. The number of hydrogen-bond donors (Lipinski definition) is 0. The summed E-state index contributed by atoms with van der Waals surface area (Å²) in [6, 6.07) is 11.2. The van der Waals surface area contributed by atoms with E-state index in [1.165, 1.54) is 13.4 Å². The van der Waals surface area contributed by atoms with Gasteiger partial charge in [-0.05, 0) is 23.3 Å². The van der Waals surface area contributed by atoms with Crippen LogP contribution in [0.2, 0.25) is 0 Å². The van der Waals surface area contributed by atoms with Crippen molar-refractivity contribution in [2.45, 2.75) is 6.10 Å². The Bertz CT molecular complexity index is 952. The summed E-state index contributed by atoms with van der Waals surface area (Å²) in [6.45, 7) is 0.763. The lowest BCUT2D eigenvalue weighted by Gasteiger charge is -2.10. The molecule has 1 atom stereocenters. The van der Waals surface area contributed by atoms with E-state index < -0.39 is 0 Å². The minimum atomic E-state index is -0.104. The number of rotatable bonds is 4. The van der Waals surface area contributed by atoms with Gasteiger partial charge >= 0.3 is 0 Å². The van der Waals surface area contributed by atoms with Crippen LogP contribution in [0.15, 0.2) is 51.9 Å². The molecule has 5 nitrogen and oxygen atoms in total. The van der Waals surface area contributed by atoms with Crippen molar-refractivity contribution in [1.29, 1.82) is 0 Å². The van der Waals surface area contributed by atoms with Gasteiger partial charge in [-0.2, -0.15) is 0 Å². The van der Waals surface area contributed by atoms with Crippen LogP contribution in [-0.2, 0) is 4.74 Å². The van der Waals surface area contributed by atoms with Crippen molar-refractivity contribution in [3.05, 3.63) is 58.4 Å². The summed E-state index contributed by atoms with van der Waals surface area (Å²) in [5.41, 5.74) is 2.72. The summed E-state index contributed by atoms with van der Waals surface area (Å²) in [5.74, 6) is 0.939. The molecule has 122 valence electrons. The van der Waals surface area contributed by atoms with Gasteiger partial charge in [0, 0.05) is 0 Å². The monoisotopic (exact) mass is 324 g/mol. The summed E-state index contributed by atoms with van der Waals surface area (Å²) >= 11 is 0. The SMILES string of the molecule is COc1ccc2c(=O)c(-c3ccc(C4CO4)cc3)coc2c1OC. The first-order valence-corrected chi connectivity index (χ1v) is 7.61. The second kappa shape index (κ2) is 5.69. The Morgan fingerprint density at radius 3 is 2.42 bits per heavy atom. The van der Waals surface area contributed by atoms with E-state index in [0.29, 0.717) is 28.0 Å². The molecule has 1 aromatic heterocycles. The first-order valence-electron chi connectivity index (χ1n) is 7.61. The van der Waals surface area contributed by atoms with E-state index in [1.54, 1.807) is 19.2 Å². The zero-order valence-corrected chi connectivity index (χ0v) is 13.4. The predicted molar refractivity (Wildman–Crippen MR) is 89.7 cm³/mol. The lowest BCUT2D eigenvalue weighted by Crippen LogP contribution is -2.06. The smallest absolute Gasteiger partial charge is 0.204 e. The van der Waals surface area contributed by atoms with Gasteiger partial charge in [0.25, 0.3) is 0 Å². The van der Waals surface area contributed by atoms with E-state index in [4.69, 9.17) is 18.6 Å². The van der Waals surface area contributed by atoms with E-state index in [1.807, 2.05) is 24.3 Å². The molecule has 0 bridgehead atoms. The molecule has 2 aromatic carbocycles. The van der Waals surface area contributed by atoms with Gasteiger partial charge in [-0.25, -0.2) is 0 Å². The van der Waals surface area contributed by atoms with E-state index in [-0.39, 0.29) is 11.5 Å². The first kappa shape index (κ1) is 14.8. The third-order valence-electron chi connectivity index (χ3n) is 4.21. The quantitative estimate of drug-likeness (QED) is 0.687. The summed E-state index contributed by atoms with van der Waals surface area (Å²) in [4.78, 5) is 12.8. The Morgan fingerprint density at radius 2 is 1.79 bits per heavy atom. The Balaban J connectivity index is 1.85. The van der Waals surface area contributed by atoms with Gasteiger partial charge in [-0.3, -0.25) is 4.79 Å². The molecule has 1 aliphatic rings. The molecule has 1 aliphatic heterocycles. The van der Waals surface area contributed by atoms with Gasteiger partial charge < -0.3 is 18.6 Å². The molecular formula is C19H16O5. The fourth-order valence-corrected chi connectivity index (χ4v) is 2.83. The molecule has 0 radical (unpaired) electrons. The molecule has 0 N–H and O–H groups in total. The third kappa shape index (κ3) is 2.34. The van der Waals surface area contributed by atoms with Crippen molar-refractivity contribution >= 4 is 11.0 Å². The van der Waals surface area contributed by atoms with Crippen molar-refractivity contribution in [1.82, 2.24) is 0 Å². The van der Waals surface area contributed by atoms with Crippen molar-refractivity contribution in [2.75, 3.05) is 20.8 Å². The normalized spacial score (nSPS) is 16.2. The maximum atomic E-state index is 12.8. The summed E-state index contributed by atoms with van der Waals surface area (Å²) in [6.07, 6.45) is 1.67. The Kier molecular flexibility index (Phi) is 3.50. The summed E-state index contributed by atoms with van der Waals surface area (Å²) < 4.78 is 21.5. The van der Waals surface area contributed by atoms with Crippen LogP contribution in [0, 0.1) is 0 Å². The second-order valence-electron chi connectivity index (χ2n) is 5.60. The Morgan fingerprint density at radius 1 is 1.04 bits per heavy atom. The molecule has 1 unspecified atom stereocenters. The molecule has 3 aromatic rings. The van der Waals surface area contributed by atoms with Crippen LogP contribution in [-0.4, -0.2) is 20.8 Å². The van der Waals surface area contributed by atoms with Crippen LogP contribution >= 0.6 is 0 Å². The average molecular weight is 324 g/mol. The molecule has 4 rings (SSSR count). The van der Waals surface area contributed by atoms with E-state index in [0.717, 1.165) is 17.7 Å². The number of hydrogen-bond acceptors (Lipinski definition) is 5. The zero-order chi connectivity index (χ0) is 16.7. The van der Waals surface area contributed by atoms with Crippen molar-refractivity contribution in [3.8, 4) is 22.6 Å². The number of methoxy groups -OCH3 is 2. The van der Waals surface area contributed by atoms with Gasteiger partial charge in [0.15, 0.2) is 11.3 Å². The van der Waals surface area contributed by atoms with Crippen molar-refractivity contribution < 1.29 is 18.6 Å². The molecule has 0 aliphatic carbocycles. The van der Waals surface area contributed by atoms with Gasteiger partial charge in [-0.1, -0.05) is 24.3 Å². The number of benzene rings is 2. The lowest BCUT2D eigenvalue weighted by atomic mass is 10.0. The van der Waals surface area contributed by atoms with E-state index in [9.17, 15) is 4.79 Å². The highest BCUT2D eigenvalue weighted by Gasteiger charge is 2.24. The lowest BCUT2D eigenvalue weighted by molar-refractivity contribution is 0.353. The first-order chi connectivity index (χ1) is 11.7. The van der Waals surface area contributed by atoms with Gasteiger partial charge in [0.05, 0.1) is 31.8 Å². The number of fused-ring (bicyclic) bond motifs is 1. The number of ether oxygens (including phenoxy) is 3. The zero-order valence-electron chi connectivity index (χ0n) is 13.4. The van der Waals surface area contributed by atoms with Crippen LogP contribution in [0.4, 0.5) is 0 Å². The molecule has 2 heterocycles. The molecule has 1 saturated heterocycles. The van der Waals surface area contributed by atoms with Gasteiger partial charge in [0.1, 0.15) is 12.4 Å². The fraction of sp³-hybridized carbons (Fsp3) is 0.211. The highest BCUT2D eigenvalue weighted by molar-refractivity contribution is 5.88. The van der Waals surface area contributed by atoms with Crippen molar-refractivity contribution in [3.63, 3.8) is 0 Å². The van der Waals surface area contributed by atoms with Crippen LogP contribution < -0.4 is 14.9 Å². The molecule has 5 heteroatoms. The highest BCUT2D eigenvalue weighted by Crippen LogP contribution is 2.35.